The minimum atomic E-state index is -4.54. The molecule has 0 saturated heterocycles. The fraction of sp³-hybridized carbons (Fsp3) is 0.364. The number of halogens is 3. The number of pyridine rings is 1. The van der Waals surface area contributed by atoms with E-state index in [9.17, 15) is 22.8 Å². The van der Waals surface area contributed by atoms with Gasteiger partial charge in [0.15, 0.2) is 0 Å². The molecule has 2 N–H and O–H groups in total. The summed E-state index contributed by atoms with van der Waals surface area (Å²) in [6, 6.07) is 1.59. The number of nitrogens with one attached hydrogen (secondary N) is 1. The molecule has 5 nitrogen and oxygen atoms in total. The minimum Gasteiger partial charge on any atom is -0.480 e. The molecule has 0 atom stereocenters. The highest BCUT2D eigenvalue weighted by Crippen LogP contribution is 2.28. The summed E-state index contributed by atoms with van der Waals surface area (Å²) in [7, 11) is 0. The smallest absolute Gasteiger partial charge is 0.417 e. The zero-order chi connectivity index (χ0) is 14.8. The number of hydrogen-bond acceptors (Lipinski definition) is 3. The highest BCUT2D eigenvalue weighted by Gasteiger charge is 2.32. The van der Waals surface area contributed by atoms with E-state index in [0.717, 1.165) is 6.07 Å². The van der Waals surface area contributed by atoms with Crippen molar-refractivity contribution in [2.45, 2.75) is 25.6 Å². The molecule has 0 aliphatic rings. The normalized spacial score (nSPS) is 12.1. The fourth-order valence-corrected chi connectivity index (χ4v) is 1.10. The zero-order valence-corrected chi connectivity index (χ0v) is 10.1. The van der Waals surface area contributed by atoms with Crippen LogP contribution < -0.4 is 5.32 Å². The largest absolute Gasteiger partial charge is 0.480 e. The van der Waals surface area contributed by atoms with E-state index in [4.69, 9.17) is 5.11 Å². The first kappa shape index (κ1) is 14.9. The lowest BCUT2D eigenvalue weighted by Crippen LogP contribution is -2.49. The summed E-state index contributed by atoms with van der Waals surface area (Å²) < 4.78 is 36.8. The van der Waals surface area contributed by atoms with Crippen LogP contribution >= 0.6 is 0 Å². The Balaban J connectivity index is 2.88. The van der Waals surface area contributed by atoms with E-state index in [0.29, 0.717) is 12.3 Å². The van der Waals surface area contributed by atoms with Gasteiger partial charge in [-0.1, -0.05) is 0 Å². The predicted octanol–water partition coefficient (Wildman–Crippen LogP) is 1.69. The molecule has 0 spiro atoms. The van der Waals surface area contributed by atoms with Gasteiger partial charge in [-0.25, -0.2) is 4.79 Å². The van der Waals surface area contributed by atoms with Gasteiger partial charge in [0.1, 0.15) is 11.2 Å². The Kier molecular flexibility index (Phi) is 3.83. The van der Waals surface area contributed by atoms with Gasteiger partial charge < -0.3 is 10.4 Å². The number of hydrogen-bond donors (Lipinski definition) is 2. The molecule has 0 aliphatic carbocycles. The first-order valence-electron chi connectivity index (χ1n) is 5.13. The Bertz CT molecular complexity index is 495. The lowest BCUT2D eigenvalue weighted by Gasteiger charge is -2.20. The fourth-order valence-electron chi connectivity index (χ4n) is 1.10. The zero-order valence-electron chi connectivity index (χ0n) is 10.1. The molecule has 1 rings (SSSR count). The maximum Gasteiger partial charge on any atom is 0.417 e. The summed E-state index contributed by atoms with van der Waals surface area (Å²) in [4.78, 5) is 25.8. The quantitative estimate of drug-likeness (QED) is 0.880. The number of carboxylic acids is 1. The standard InChI is InChI=1S/C11H11F3N2O3/c1-10(2,9(18)19)16-8(17)7-4-3-6(5-15-7)11(12,13)14/h3-5H,1-2H3,(H,16,17)(H,18,19). The van der Waals surface area contributed by atoms with Crippen molar-refractivity contribution in [2.75, 3.05) is 0 Å². The monoisotopic (exact) mass is 276 g/mol. The van der Waals surface area contributed by atoms with Gasteiger partial charge in [-0.2, -0.15) is 13.2 Å². The van der Waals surface area contributed by atoms with Crippen LogP contribution in [0.3, 0.4) is 0 Å². The van der Waals surface area contributed by atoms with Crippen LogP contribution in [0.4, 0.5) is 13.2 Å². The highest BCUT2D eigenvalue weighted by molar-refractivity contribution is 5.96. The summed E-state index contributed by atoms with van der Waals surface area (Å²) in [5, 5.41) is 11.0. The van der Waals surface area contributed by atoms with Crippen molar-refractivity contribution in [1.82, 2.24) is 10.3 Å². The molecule has 19 heavy (non-hydrogen) atoms. The third-order valence-electron chi connectivity index (χ3n) is 2.28. The second-order valence-electron chi connectivity index (χ2n) is 4.31. The molecule has 1 aromatic heterocycles. The molecular formula is C11H11F3N2O3. The molecule has 1 amide bonds. The predicted molar refractivity (Wildman–Crippen MR) is 58.4 cm³/mol. The van der Waals surface area contributed by atoms with Crippen LogP contribution in [-0.4, -0.2) is 27.5 Å². The first-order chi connectivity index (χ1) is 8.54. The van der Waals surface area contributed by atoms with E-state index >= 15 is 0 Å². The third kappa shape index (κ3) is 3.67. The van der Waals surface area contributed by atoms with E-state index in [1.54, 1.807) is 0 Å². The van der Waals surface area contributed by atoms with E-state index < -0.39 is 29.2 Å². The maximum atomic E-state index is 12.3. The van der Waals surface area contributed by atoms with E-state index in [2.05, 4.69) is 10.3 Å². The average molecular weight is 276 g/mol. The van der Waals surface area contributed by atoms with Crippen molar-refractivity contribution in [2.24, 2.45) is 0 Å². The number of carboxylic acid groups (broad SMARTS) is 1. The number of amides is 1. The van der Waals surface area contributed by atoms with Crippen LogP contribution in [0.1, 0.15) is 29.9 Å². The molecule has 0 unspecified atom stereocenters. The number of alkyl halides is 3. The van der Waals surface area contributed by atoms with Gasteiger partial charge >= 0.3 is 12.1 Å². The number of nitrogens with zero attached hydrogens (tertiary/aromatic N) is 1. The van der Waals surface area contributed by atoms with Gasteiger partial charge in [-0.3, -0.25) is 9.78 Å². The van der Waals surface area contributed by atoms with Crippen LogP contribution in [-0.2, 0) is 11.0 Å². The number of carbonyl (C=O) groups excluding carboxylic acids is 1. The molecule has 1 aromatic rings. The summed E-state index contributed by atoms with van der Waals surface area (Å²) in [6.07, 6.45) is -4.02. The van der Waals surface area contributed by atoms with Crippen molar-refractivity contribution in [3.63, 3.8) is 0 Å². The van der Waals surface area contributed by atoms with Gasteiger partial charge in [0.2, 0.25) is 0 Å². The lowest BCUT2D eigenvalue weighted by atomic mass is 10.1. The molecule has 0 radical (unpaired) electrons. The average Bonchev–Trinajstić information content (AvgIpc) is 2.27. The number of rotatable bonds is 3. The molecule has 0 fully saturated rings. The van der Waals surface area contributed by atoms with Gasteiger partial charge in [0.25, 0.3) is 5.91 Å². The lowest BCUT2D eigenvalue weighted by molar-refractivity contribution is -0.143. The molecule has 0 aliphatic heterocycles. The molecule has 1 heterocycles. The van der Waals surface area contributed by atoms with Gasteiger partial charge in [-0.05, 0) is 26.0 Å². The van der Waals surface area contributed by atoms with Gasteiger partial charge in [0.05, 0.1) is 5.56 Å². The van der Waals surface area contributed by atoms with E-state index in [1.165, 1.54) is 13.8 Å². The van der Waals surface area contributed by atoms with Crippen molar-refractivity contribution in [3.05, 3.63) is 29.6 Å². The summed E-state index contributed by atoms with van der Waals surface area (Å²) in [5.74, 6) is -2.13. The van der Waals surface area contributed by atoms with Crippen LogP contribution in [0.25, 0.3) is 0 Å². The summed E-state index contributed by atoms with van der Waals surface area (Å²) in [5.41, 5.74) is -2.81. The second-order valence-corrected chi connectivity index (χ2v) is 4.31. The first-order valence-corrected chi connectivity index (χ1v) is 5.13. The van der Waals surface area contributed by atoms with E-state index in [1.807, 2.05) is 0 Å². The molecule has 0 aromatic carbocycles. The molecule has 8 heteroatoms. The summed E-state index contributed by atoms with van der Waals surface area (Å²) >= 11 is 0. The third-order valence-corrected chi connectivity index (χ3v) is 2.28. The van der Waals surface area contributed by atoms with Crippen molar-refractivity contribution in [1.29, 1.82) is 0 Å². The Hall–Kier alpha value is -2.12. The van der Waals surface area contributed by atoms with Crippen LogP contribution in [0.2, 0.25) is 0 Å². The highest BCUT2D eigenvalue weighted by atomic mass is 19.4. The van der Waals surface area contributed by atoms with Crippen LogP contribution in [0.15, 0.2) is 18.3 Å². The Morgan fingerprint density at radius 3 is 2.21 bits per heavy atom. The second kappa shape index (κ2) is 4.87. The van der Waals surface area contributed by atoms with E-state index in [-0.39, 0.29) is 5.69 Å². The SMILES string of the molecule is CC(C)(NC(=O)c1ccc(C(F)(F)F)cn1)C(=O)O. The molecule has 104 valence electrons. The molecule has 0 bridgehead atoms. The van der Waals surface area contributed by atoms with Crippen LogP contribution in [0, 0.1) is 0 Å². The summed E-state index contributed by atoms with van der Waals surface area (Å²) in [6.45, 7) is 2.49. The maximum absolute atomic E-state index is 12.3. The number of aliphatic carboxylic acids is 1. The Morgan fingerprint density at radius 1 is 1.26 bits per heavy atom. The molecule has 0 saturated carbocycles. The Morgan fingerprint density at radius 2 is 1.84 bits per heavy atom. The van der Waals surface area contributed by atoms with Crippen molar-refractivity contribution >= 4 is 11.9 Å². The van der Waals surface area contributed by atoms with Crippen molar-refractivity contribution < 1.29 is 27.9 Å². The topological polar surface area (TPSA) is 79.3 Å². The minimum absolute atomic E-state index is 0.290. The van der Waals surface area contributed by atoms with Crippen molar-refractivity contribution in [3.8, 4) is 0 Å². The molecular weight excluding hydrogens is 265 g/mol. The van der Waals surface area contributed by atoms with Gasteiger partial charge in [0, 0.05) is 6.20 Å². The van der Waals surface area contributed by atoms with Gasteiger partial charge in [-0.15, -0.1) is 0 Å². The Labute approximate surface area is 106 Å². The van der Waals surface area contributed by atoms with Crippen LogP contribution in [0.5, 0.6) is 0 Å². The number of carbonyl (C=O) groups is 2. The number of aromatic nitrogens is 1.